The number of aromatic nitrogens is 4. The Labute approximate surface area is 166 Å². The summed E-state index contributed by atoms with van der Waals surface area (Å²) in [4.78, 5) is 24.7. The summed E-state index contributed by atoms with van der Waals surface area (Å²) in [5.41, 5.74) is -0.441. The number of amides is 1. The van der Waals surface area contributed by atoms with Crippen molar-refractivity contribution >= 4 is 21.6 Å². The fourth-order valence-corrected chi connectivity index (χ4v) is 4.72. The first-order chi connectivity index (χ1) is 13.7. The van der Waals surface area contributed by atoms with Crippen molar-refractivity contribution in [3.05, 3.63) is 27.7 Å². The normalized spacial score (nSPS) is 15.5. The number of carbonyl (C=O) groups is 1. The lowest BCUT2D eigenvalue weighted by Crippen LogP contribution is -2.50. The van der Waals surface area contributed by atoms with Crippen LogP contribution in [0.4, 0.5) is 5.69 Å². The van der Waals surface area contributed by atoms with Gasteiger partial charge in [0, 0.05) is 38.9 Å². The Hall–Kier alpha value is -3.00. The lowest BCUT2D eigenvalue weighted by molar-refractivity contribution is -0.386. The van der Waals surface area contributed by atoms with Crippen molar-refractivity contribution in [1.29, 1.82) is 0 Å². The predicted octanol–water partition coefficient (Wildman–Crippen LogP) is -0.00198. The zero-order valence-corrected chi connectivity index (χ0v) is 17.0. The van der Waals surface area contributed by atoms with Crippen LogP contribution in [0.15, 0.2) is 11.1 Å². The molecule has 1 saturated heterocycles. The van der Waals surface area contributed by atoms with Gasteiger partial charge >= 0.3 is 11.6 Å². The minimum Gasteiger partial charge on any atom is -0.475 e. The Morgan fingerprint density at radius 1 is 1.34 bits per heavy atom. The molecule has 1 aliphatic heterocycles. The topological polar surface area (TPSA) is 157 Å². The molecule has 0 unspecified atom stereocenters. The average Bonchev–Trinajstić information content (AvgIpc) is 3.31. The fraction of sp³-hybridized carbons (Fsp3) is 0.533. The number of aromatic amines is 1. The number of methoxy groups -OCH3 is 1. The maximum absolute atomic E-state index is 12.9. The lowest BCUT2D eigenvalue weighted by atomic mass is 10.3. The molecule has 14 heteroatoms. The first-order valence-electron chi connectivity index (χ1n) is 8.80. The Kier molecular flexibility index (Phi) is 5.57. The van der Waals surface area contributed by atoms with Crippen LogP contribution in [0.2, 0.25) is 0 Å². The third kappa shape index (κ3) is 3.67. The van der Waals surface area contributed by atoms with E-state index in [1.54, 1.807) is 11.6 Å². The molecule has 158 valence electrons. The largest absolute Gasteiger partial charge is 0.475 e. The molecule has 1 aliphatic rings. The molecule has 0 saturated carbocycles. The molecule has 0 aliphatic carbocycles. The monoisotopic (exact) mass is 427 g/mol. The second kappa shape index (κ2) is 7.79. The molecule has 13 nitrogen and oxygen atoms in total. The van der Waals surface area contributed by atoms with Gasteiger partial charge in [0.1, 0.15) is 4.90 Å². The summed E-state index contributed by atoms with van der Waals surface area (Å²) in [6.45, 7) is 4.31. The van der Waals surface area contributed by atoms with E-state index in [1.165, 1.54) is 22.5 Å². The molecule has 3 heterocycles. The molecule has 2 aromatic heterocycles. The van der Waals surface area contributed by atoms with Gasteiger partial charge in [0.05, 0.1) is 17.7 Å². The molecule has 0 bridgehead atoms. The van der Waals surface area contributed by atoms with E-state index in [0.29, 0.717) is 12.2 Å². The molecule has 1 fully saturated rings. The minimum atomic E-state index is -3.75. The fourth-order valence-electron chi connectivity index (χ4n) is 3.12. The van der Waals surface area contributed by atoms with E-state index in [9.17, 15) is 23.3 Å². The molecule has 1 amide bonds. The number of aryl methyl sites for hydroxylation is 2. The van der Waals surface area contributed by atoms with Crippen LogP contribution in [0.25, 0.3) is 0 Å². The van der Waals surface area contributed by atoms with Crippen molar-refractivity contribution in [3.63, 3.8) is 0 Å². The summed E-state index contributed by atoms with van der Waals surface area (Å²) in [5.74, 6) is -0.928. The van der Waals surface area contributed by atoms with Gasteiger partial charge in [-0.2, -0.15) is 9.40 Å². The highest BCUT2D eigenvalue weighted by Crippen LogP contribution is 2.29. The maximum atomic E-state index is 12.9. The number of carbonyl (C=O) groups excluding carboxylic acids is 1. The third-order valence-electron chi connectivity index (χ3n) is 4.67. The van der Waals surface area contributed by atoms with Crippen LogP contribution < -0.4 is 4.74 Å². The van der Waals surface area contributed by atoms with Crippen molar-refractivity contribution in [3.8, 4) is 5.88 Å². The van der Waals surface area contributed by atoms with Crippen molar-refractivity contribution < 1.29 is 22.9 Å². The number of sulfonamides is 1. The summed E-state index contributed by atoms with van der Waals surface area (Å²) in [6.07, 6.45) is 1.49. The number of ether oxygens (including phenoxy) is 1. The Morgan fingerprint density at radius 3 is 2.52 bits per heavy atom. The molecule has 29 heavy (non-hydrogen) atoms. The molecule has 2 aromatic rings. The molecule has 0 radical (unpaired) electrons. The summed E-state index contributed by atoms with van der Waals surface area (Å²) < 4.78 is 33.5. The van der Waals surface area contributed by atoms with Gasteiger partial charge in [-0.25, -0.2) is 8.42 Å². The van der Waals surface area contributed by atoms with Crippen LogP contribution in [0.5, 0.6) is 5.88 Å². The van der Waals surface area contributed by atoms with E-state index < -0.39 is 26.5 Å². The molecule has 0 atom stereocenters. The van der Waals surface area contributed by atoms with Gasteiger partial charge in [-0.1, -0.05) is 0 Å². The first-order valence-corrected chi connectivity index (χ1v) is 10.2. The van der Waals surface area contributed by atoms with Gasteiger partial charge in [-0.05, 0) is 13.8 Å². The van der Waals surface area contributed by atoms with Crippen molar-refractivity contribution in [2.75, 3.05) is 33.3 Å². The van der Waals surface area contributed by atoms with Gasteiger partial charge in [0.15, 0.2) is 0 Å². The summed E-state index contributed by atoms with van der Waals surface area (Å²) in [7, 11) is -2.54. The van der Waals surface area contributed by atoms with E-state index >= 15 is 0 Å². The van der Waals surface area contributed by atoms with E-state index in [2.05, 4.69) is 15.3 Å². The first kappa shape index (κ1) is 20.7. The molecule has 0 aromatic carbocycles. The van der Waals surface area contributed by atoms with Crippen molar-refractivity contribution in [2.24, 2.45) is 0 Å². The summed E-state index contributed by atoms with van der Waals surface area (Å²) in [5, 5.41) is 21.4. The van der Waals surface area contributed by atoms with Crippen molar-refractivity contribution in [1.82, 2.24) is 29.2 Å². The Morgan fingerprint density at radius 2 is 2.00 bits per heavy atom. The standard InChI is InChI=1S/C15H21N7O6S/c1-4-20-9-11(10(2)18-20)29(26,27)21-7-5-19(6-8-21)15(23)12-13(22(24)25)14(28-3)17-16-12/h9H,4-8H2,1-3H3,(H,16,17). The highest BCUT2D eigenvalue weighted by molar-refractivity contribution is 7.89. The zero-order valence-electron chi connectivity index (χ0n) is 16.2. The van der Waals surface area contributed by atoms with E-state index in [0.717, 1.165) is 0 Å². The zero-order chi connectivity index (χ0) is 21.3. The molecular formula is C15H21N7O6S. The minimum absolute atomic E-state index is 0.0594. The van der Waals surface area contributed by atoms with E-state index in [-0.39, 0.29) is 42.6 Å². The Bertz CT molecular complexity index is 1040. The molecule has 1 N–H and O–H groups in total. The van der Waals surface area contributed by atoms with Crippen LogP contribution in [0.3, 0.4) is 0 Å². The number of nitrogens with zero attached hydrogens (tertiary/aromatic N) is 6. The quantitative estimate of drug-likeness (QED) is 0.498. The number of hydrogen-bond donors (Lipinski definition) is 1. The van der Waals surface area contributed by atoms with Crippen LogP contribution in [0.1, 0.15) is 23.1 Å². The summed E-state index contributed by atoms with van der Waals surface area (Å²) >= 11 is 0. The van der Waals surface area contributed by atoms with Crippen LogP contribution in [0, 0.1) is 17.0 Å². The number of piperazine rings is 1. The van der Waals surface area contributed by atoms with Gasteiger partial charge < -0.3 is 9.64 Å². The predicted molar refractivity (Wildman–Crippen MR) is 99.1 cm³/mol. The highest BCUT2D eigenvalue weighted by atomic mass is 32.2. The number of H-pyrrole nitrogens is 1. The lowest BCUT2D eigenvalue weighted by Gasteiger charge is -2.33. The Balaban J connectivity index is 1.75. The van der Waals surface area contributed by atoms with Crippen LogP contribution in [-0.4, -0.2) is 81.7 Å². The smallest absolute Gasteiger partial charge is 0.362 e. The van der Waals surface area contributed by atoms with Crippen molar-refractivity contribution in [2.45, 2.75) is 25.3 Å². The summed E-state index contributed by atoms with van der Waals surface area (Å²) in [6, 6.07) is 0. The number of rotatable bonds is 6. The number of hydrogen-bond acceptors (Lipinski definition) is 8. The van der Waals surface area contributed by atoms with Gasteiger partial charge in [-0.15, -0.1) is 5.10 Å². The SMILES string of the molecule is CCn1cc(S(=O)(=O)N2CCN(C(=O)c3[nH]nc(OC)c3[N+](=O)[O-])CC2)c(C)n1. The second-order valence-electron chi connectivity index (χ2n) is 6.34. The van der Waals surface area contributed by atoms with Crippen LogP contribution >= 0.6 is 0 Å². The molecule has 3 rings (SSSR count). The van der Waals surface area contributed by atoms with E-state index in [1.807, 2.05) is 6.92 Å². The third-order valence-corrected chi connectivity index (χ3v) is 6.67. The van der Waals surface area contributed by atoms with Crippen LogP contribution in [-0.2, 0) is 16.6 Å². The number of nitro groups is 1. The molecular weight excluding hydrogens is 406 g/mol. The molecule has 0 spiro atoms. The second-order valence-corrected chi connectivity index (χ2v) is 8.25. The average molecular weight is 427 g/mol. The maximum Gasteiger partial charge on any atom is 0.362 e. The number of nitrogens with one attached hydrogen (secondary N) is 1. The van der Waals surface area contributed by atoms with E-state index in [4.69, 9.17) is 4.74 Å². The van der Waals surface area contributed by atoms with Gasteiger partial charge in [0.25, 0.3) is 5.91 Å². The highest BCUT2D eigenvalue weighted by Gasteiger charge is 2.36. The van der Waals surface area contributed by atoms with Gasteiger partial charge in [-0.3, -0.25) is 24.7 Å². The van der Waals surface area contributed by atoms with Gasteiger partial charge in [0.2, 0.25) is 15.7 Å².